The topological polar surface area (TPSA) is 43.1 Å². The van der Waals surface area contributed by atoms with Gasteiger partial charge in [0.2, 0.25) is 0 Å². The van der Waals surface area contributed by atoms with Crippen LogP contribution in [0.1, 0.15) is 49.7 Å². The van der Waals surface area contributed by atoms with Gasteiger partial charge in [-0.15, -0.1) is 0 Å². The normalized spacial score (nSPS) is 35.7. The molecule has 4 aliphatic carbocycles. The maximum absolute atomic E-state index is 11.0. The van der Waals surface area contributed by atoms with Crippen molar-refractivity contribution in [2.45, 2.75) is 49.4 Å². The van der Waals surface area contributed by atoms with E-state index >= 15 is 0 Å². The Morgan fingerprint density at radius 2 is 1.32 bits per heavy atom. The molecule has 0 spiro atoms. The molecule has 0 radical (unpaired) electrons. The van der Waals surface area contributed by atoms with E-state index in [1.54, 1.807) is 12.1 Å². The lowest BCUT2D eigenvalue weighted by Crippen LogP contribution is -2.55. The first kappa shape index (κ1) is 15.1. The van der Waals surface area contributed by atoms with Gasteiger partial charge in [0.15, 0.2) is 0 Å². The number of rotatable bonds is 3. The van der Waals surface area contributed by atoms with Gasteiger partial charge in [-0.25, -0.2) is 0 Å². The lowest BCUT2D eigenvalue weighted by Gasteiger charge is -2.62. The molecule has 0 N–H and O–H groups in total. The van der Waals surface area contributed by atoms with Crippen LogP contribution in [-0.4, -0.2) is 4.92 Å². The summed E-state index contributed by atoms with van der Waals surface area (Å²) in [6.45, 7) is 0. The molecule has 0 amide bonds. The largest absolute Gasteiger partial charge is 0.269 e. The quantitative estimate of drug-likeness (QED) is 0.559. The van der Waals surface area contributed by atoms with Crippen molar-refractivity contribution in [3.63, 3.8) is 0 Å². The molecule has 3 heteroatoms. The minimum absolute atomic E-state index is 0.200. The molecule has 128 valence electrons. The molecule has 3 nitrogen and oxygen atoms in total. The summed E-state index contributed by atoms with van der Waals surface area (Å²) in [4.78, 5) is 10.7. The zero-order chi connectivity index (χ0) is 17.1. The molecule has 25 heavy (non-hydrogen) atoms. The minimum atomic E-state index is -0.297. The van der Waals surface area contributed by atoms with E-state index < -0.39 is 0 Å². The molecule has 4 fully saturated rings. The zero-order valence-electron chi connectivity index (χ0n) is 14.4. The Morgan fingerprint density at radius 1 is 0.800 bits per heavy atom. The maximum atomic E-state index is 11.0. The predicted molar refractivity (Wildman–Crippen MR) is 97.6 cm³/mol. The van der Waals surface area contributed by atoms with Gasteiger partial charge in [-0.2, -0.15) is 0 Å². The number of nitrogens with zero attached hydrogens (tertiary/aromatic N) is 1. The van der Waals surface area contributed by atoms with Crippen LogP contribution in [0.2, 0.25) is 0 Å². The van der Waals surface area contributed by atoms with Crippen LogP contribution in [0, 0.1) is 22.0 Å². The van der Waals surface area contributed by atoms with E-state index in [0.29, 0.717) is 5.41 Å². The third-order valence-electron chi connectivity index (χ3n) is 7.14. The van der Waals surface area contributed by atoms with E-state index in [0.717, 1.165) is 11.8 Å². The van der Waals surface area contributed by atoms with Crippen LogP contribution in [0.5, 0.6) is 0 Å². The Labute approximate surface area is 148 Å². The van der Waals surface area contributed by atoms with Crippen molar-refractivity contribution >= 4 is 5.69 Å². The van der Waals surface area contributed by atoms with Gasteiger partial charge in [-0.1, -0.05) is 42.5 Å². The second kappa shape index (κ2) is 5.17. The summed E-state index contributed by atoms with van der Waals surface area (Å²) in [5.74, 6) is 1.60. The van der Waals surface area contributed by atoms with Gasteiger partial charge in [0.25, 0.3) is 5.69 Å². The lowest BCUT2D eigenvalue weighted by atomic mass is 9.42. The van der Waals surface area contributed by atoms with E-state index in [1.807, 2.05) is 12.1 Å². The van der Waals surface area contributed by atoms with Crippen LogP contribution in [0.3, 0.4) is 0 Å². The van der Waals surface area contributed by atoms with Crippen molar-refractivity contribution < 1.29 is 4.92 Å². The van der Waals surface area contributed by atoms with Crippen molar-refractivity contribution in [1.82, 2.24) is 0 Å². The molecule has 4 aliphatic rings. The highest BCUT2D eigenvalue weighted by Gasteiger charge is 2.58. The van der Waals surface area contributed by atoms with Crippen LogP contribution < -0.4 is 0 Å². The standard InChI is InChI=1S/C22H23NO2/c24-23(25)20-8-6-19(7-9-20)22-13-16-10-17(14-22)12-21(11-16,15-22)18-4-2-1-3-5-18/h1-9,16-17H,10-15H2. The van der Waals surface area contributed by atoms with Crippen molar-refractivity contribution in [3.8, 4) is 0 Å². The number of benzene rings is 2. The molecule has 0 aliphatic heterocycles. The van der Waals surface area contributed by atoms with E-state index in [-0.39, 0.29) is 16.0 Å². The molecule has 2 unspecified atom stereocenters. The highest BCUT2D eigenvalue weighted by Crippen LogP contribution is 2.66. The fourth-order valence-electron chi connectivity index (χ4n) is 6.67. The van der Waals surface area contributed by atoms with E-state index in [2.05, 4.69) is 30.3 Å². The third kappa shape index (κ3) is 2.25. The van der Waals surface area contributed by atoms with Gasteiger partial charge in [0.1, 0.15) is 0 Å². The molecule has 2 atom stereocenters. The van der Waals surface area contributed by atoms with Gasteiger partial charge >= 0.3 is 0 Å². The number of nitro groups is 1. The van der Waals surface area contributed by atoms with E-state index in [4.69, 9.17) is 0 Å². The van der Waals surface area contributed by atoms with Gasteiger partial charge in [0, 0.05) is 12.1 Å². The smallest absolute Gasteiger partial charge is 0.258 e. The first-order valence-electron chi connectivity index (χ1n) is 9.39. The van der Waals surface area contributed by atoms with Crippen LogP contribution in [0.25, 0.3) is 0 Å². The van der Waals surface area contributed by atoms with Gasteiger partial charge < -0.3 is 0 Å². The number of nitro benzene ring substituents is 1. The predicted octanol–water partition coefficient (Wildman–Crippen LogP) is 5.38. The highest BCUT2D eigenvalue weighted by molar-refractivity contribution is 5.41. The fraction of sp³-hybridized carbons (Fsp3) is 0.455. The van der Waals surface area contributed by atoms with Crippen LogP contribution in [0.15, 0.2) is 54.6 Å². The molecule has 0 saturated heterocycles. The molecule has 4 bridgehead atoms. The maximum Gasteiger partial charge on any atom is 0.269 e. The fourth-order valence-corrected chi connectivity index (χ4v) is 6.67. The summed E-state index contributed by atoms with van der Waals surface area (Å²) in [5.41, 5.74) is 3.57. The average molecular weight is 333 g/mol. The Hall–Kier alpha value is -2.16. The molecule has 0 aromatic heterocycles. The molecule has 4 saturated carbocycles. The molecule has 0 heterocycles. The molecule has 2 aromatic rings. The van der Waals surface area contributed by atoms with Gasteiger partial charge in [-0.3, -0.25) is 10.1 Å². The summed E-state index contributed by atoms with van der Waals surface area (Å²) < 4.78 is 0. The van der Waals surface area contributed by atoms with Crippen LogP contribution >= 0.6 is 0 Å². The molecule has 6 rings (SSSR count). The number of non-ortho nitro benzene ring substituents is 1. The molecular weight excluding hydrogens is 310 g/mol. The summed E-state index contributed by atoms with van der Waals surface area (Å²) >= 11 is 0. The Kier molecular flexibility index (Phi) is 3.13. The molecular formula is C22H23NO2. The second-order valence-electron chi connectivity index (χ2n) is 8.69. The van der Waals surface area contributed by atoms with Gasteiger partial charge in [0.05, 0.1) is 4.92 Å². The minimum Gasteiger partial charge on any atom is -0.258 e. The Morgan fingerprint density at radius 3 is 1.84 bits per heavy atom. The first-order chi connectivity index (χ1) is 12.1. The Balaban J connectivity index is 1.57. The summed E-state index contributed by atoms with van der Waals surface area (Å²) in [6, 6.07) is 18.5. The SMILES string of the molecule is O=[N+]([O-])c1ccc(C23CC4CC(CC(c5ccccc5)(C4)C2)C3)cc1. The monoisotopic (exact) mass is 333 g/mol. The Bertz CT molecular complexity index is 798. The van der Waals surface area contributed by atoms with Crippen molar-refractivity contribution in [3.05, 3.63) is 75.8 Å². The summed E-state index contributed by atoms with van der Waals surface area (Å²) in [5, 5.41) is 11.0. The number of hydrogen-bond acceptors (Lipinski definition) is 2. The average Bonchev–Trinajstić information content (AvgIpc) is 2.61. The van der Waals surface area contributed by atoms with Crippen LogP contribution in [-0.2, 0) is 10.8 Å². The van der Waals surface area contributed by atoms with Crippen molar-refractivity contribution in [1.29, 1.82) is 0 Å². The third-order valence-corrected chi connectivity index (χ3v) is 7.14. The van der Waals surface area contributed by atoms with E-state index in [1.165, 1.54) is 49.7 Å². The molecule has 2 aromatic carbocycles. The van der Waals surface area contributed by atoms with E-state index in [9.17, 15) is 10.1 Å². The van der Waals surface area contributed by atoms with Crippen molar-refractivity contribution in [2.24, 2.45) is 11.8 Å². The summed E-state index contributed by atoms with van der Waals surface area (Å²) in [7, 11) is 0. The number of hydrogen-bond donors (Lipinski definition) is 0. The first-order valence-corrected chi connectivity index (χ1v) is 9.39. The van der Waals surface area contributed by atoms with Crippen LogP contribution in [0.4, 0.5) is 5.69 Å². The van der Waals surface area contributed by atoms with Gasteiger partial charge in [-0.05, 0) is 72.3 Å². The highest BCUT2D eigenvalue weighted by atomic mass is 16.6. The summed E-state index contributed by atoms with van der Waals surface area (Å²) in [6.07, 6.45) is 7.74. The zero-order valence-corrected chi connectivity index (χ0v) is 14.4. The van der Waals surface area contributed by atoms with Crippen molar-refractivity contribution in [2.75, 3.05) is 0 Å². The lowest BCUT2D eigenvalue weighted by molar-refractivity contribution is -0.384. The second-order valence-corrected chi connectivity index (χ2v) is 8.69.